The molecular weight excluding hydrogens is 211 g/mol. The number of carboxylic acid groups (broad SMARTS) is 1. The molecule has 0 heterocycles. The van der Waals surface area contributed by atoms with E-state index in [9.17, 15) is 14.0 Å². The van der Waals surface area contributed by atoms with Crippen molar-refractivity contribution in [1.82, 2.24) is 0 Å². The van der Waals surface area contributed by atoms with Crippen LogP contribution in [0.15, 0.2) is 18.2 Å². The molecule has 1 aromatic rings. The van der Waals surface area contributed by atoms with Crippen molar-refractivity contribution in [3.05, 3.63) is 35.1 Å². The van der Waals surface area contributed by atoms with Gasteiger partial charge in [0.1, 0.15) is 12.2 Å². The summed E-state index contributed by atoms with van der Waals surface area (Å²) in [7, 11) is 0. The number of hydrogen-bond donors (Lipinski definition) is 1. The van der Waals surface area contributed by atoms with Gasteiger partial charge in [-0.05, 0) is 25.1 Å². The van der Waals surface area contributed by atoms with E-state index in [2.05, 4.69) is 11.8 Å². The van der Waals surface area contributed by atoms with Crippen molar-refractivity contribution in [1.29, 1.82) is 0 Å². The third-order valence-electron chi connectivity index (χ3n) is 1.82. The van der Waals surface area contributed by atoms with Crippen molar-refractivity contribution in [3.8, 4) is 11.8 Å². The molecular formula is C12H9FO3. The maximum absolute atomic E-state index is 13.1. The molecule has 3 nitrogen and oxygen atoms in total. The number of hydrogen-bond acceptors (Lipinski definition) is 2. The quantitative estimate of drug-likeness (QED) is 0.611. The zero-order valence-corrected chi connectivity index (χ0v) is 8.58. The van der Waals surface area contributed by atoms with Crippen LogP contribution in [0.4, 0.5) is 4.39 Å². The fourth-order valence-electron chi connectivity index (χ4n) is 1.09. The van der Waals surface area contributed by atoms with E-state index in [4.69, 9.17) is 5.11 Å². The van der Waals surface area contributed by atoms with E-state index in [-0.39, 0.29) is 17.8 Å². The molecule has 0 atom stereocenters. The Hall–Kier alpha value is -2.15. The van der Waals surface area contributed by atoms with Crippen LogP contribution in [0.25, 0.3) is 0 Å². The number of ketones is 1. The van der Waals surface area contributed by atoms with Gasteiger partial charge in [0.2, 0.25) is 0 Å². The van der Waals surface area contributed by atoms with Crippen molar-refractivity contribution in [2.45, 2.75) is 13.3 Å². The molecule has 0 radical (unpaired) electrons. The third kappa shape index (κ3) is 3.21. The molecule has 0 aromatic heterocycles. The maximum atomic E-state index is 13.1. The summed E-state index contributed by atoms with van der Waals surface area (Å²) >= 11 is 0. The molecule has 0 unspecified atom stereocenters. The first-order valence-electron chi connectivity index (χ1n) is 4.52. The number of aliphatic carboxylic acids is 1. The lowest BCUT2D eigenvalue weighted by Crippen LogP contribution is -1.97. The first-order chi connectivity index (χ1) is 7.50. The molecule has 0 spiro atoms. The normalized spacial score (nSPS) is 9.12. The maximum Gasteiger partial charge on any atom is 0.315 e. The van der Waals surface area contributed by atoms with Crippen LogP contribution in [0, 0.1) is 17.7 Å². The highest BCUT2D eigenvalue weighted by molar-refractivity contribution is 5.94. The van der Waals surface area contributed by atoms with Gasteiger partial charge in [-0.3, -0.25) is 9.59 Å². The highest BCUT2D eigenvalue weighted by Crippen LogP contribution is 2.10. The molecule has 0 fully saturated rings. The molecule has 0 aliphatic rings. The largest absolute Gasteiger partial charge is 0.481 e. The van der Waals surface area contributed by atoms with Crippen LogP contribution in [-0.2, 0) is 4.79 Å². The van der Waals surface area contributed by atoms with E-state index in [0.29, 0.717) is 5.56 Å². The van der Waals surface area contributed by atoms with Gasteiger partial charge in [-0.15, -0.1) is 0 Å². The zero-order chi connectivity index (χ0) is 12.1. The zero-order valence-electron chi connectivity index (χ0n) is 8.58. The lowest BCUT2D eigenvalue weighted by atomic mass is 10.1. The molecule has 1 aromatic carbocycles. The van der Waals surface area contributed by atoms with Crippen molar-refractivity contribution in [2.75, 3.05) is 0 Å². The molecule has 16 heavy (non-hydrogen) atoms. The monoisotopic (exact) mass is 220 g/mol. The Balaban J connectivity index is 2.98. The molecule has 0 amide bonds. The first kappa shape index (κ1) is 11.9. The topological polar surface area (TPSA) is 54.4 Å². The Morgan fingerprint density at radius 3 is 2.69 bits per heavy atom. The molecule has 1 N–H and O–H groups in total. The number of carbonyl (C=O) groups excluding carboxylic acids is 1. The molecule has 0 aliphatic carbocycles. The fourth-order valence-corrected chi connectivity index (χ4v) is 1.09. The highest BCUT2D eigenvalue weighted by atomic mass is 19.1. The third-order valence-corrected chi connectivity index (χ3v) is 1.82. The van der Waals surface area contributed by atoms with Crippen molar-refractivity contribution in [2.24, 2.45) is 0 Å². The smallest absolute Gasteiger partial charge is 0.315 e. The standard InChI is InChI=1S/C12H9FO3/c1-8(14)10-7-9(5-6-11(10)13)3-2-4-12(15)16/h5-7H,4H2,1H3,(H,15,16). The Morgan fingerprint density at radius 1 is 1.44 bits per heavy atom. The average molecular weight is 220 g/mol. The molecule has 0 aliphatic heterocycles. The minimum absolute atomic E-state index is 0.0397. The van der Waals surface area contributed by atoms with Crippen LogP contribution in [-0.4, -0.2) is 16.9 Å². The van der Waals surface area contributed by atoms with Crippen LogP contribution in [0.3, 0.4) is 0 Å². The Bertz CT molecular complexity index is 495. The second-order valence-electron chi connectivity index (χ2n) is 3.12. The lowest BCUT2D eigenvalue weighted by molar-refractivity contribution is -0.135. The van der Waals surface area contributed by atoms with Gasteiger partial charge in [0, 0.05) is 5.56 Å². The number of benzene rings is 1. The fraction of sp³-hybridized carbons (Fsp3) is 0.167. The summed E-state index contributed by atoms with van der Waals surface area (Å²) in [5.74, 6) is 2.94. The van der Waals surface area contributed by atoms with Crippen LogP contribution < -0.4 is 0 Å². The highest BCUT2D eigenvalue weighted by Gasteiger charge is 2.06. The molecule has 0 bridgehead atoms. The van der Waals surface area contributed by atoms with Crippen LogP contribution >= 0.6 is 0 Å². The minimum atomic E-state index is -1.03. The number of halogens is 1. The van der Waals surface area contributed by atoms with Gasteiger partial charge in [0.25, 0.3) is 0 Å². The Kier molecular flexibility index (Phi) is 3.78. The molecule has 1 rings (SSSR count). The second-order valence-corrected chi connectivity index (χ2v) is 3.12. The summed E-state index contributed by atoms with van der Waals surface area (Å²) in [4.78, 5) is 21.2. The van der Waals surface area contributed by atoms with Crippen LogP contribution in [0.5, 0.6) is 0 Å². The van der Waals surface area contributed by atoms with Gasteiger partial charge in [-0.25, -0.2) is 4.39 Å². The minimum Gasteiger partial charge on any atom is -0.481 e. The number of carbonyl (C=O) groups is 2. The predicted octanol–water partition coefficient (Wildman–Crippen LogP) is 1.85. The van der Waals surface area contributed by atoms with E-state index < -0.39 is 11.8 Å². The van der Waals surface area contributed by atoms with E-state index in [1.54, 1.807) is 0 Å². The number of carboxylic acids is 1. The summed E-state index contributed by atoms with van der Waals surface area (Å²) in [5.41, 5.74) is 0.384. The molecule has 0 saturated carbocycles. The van der Waals surface area contributed by atoms with Gasteiger partial charge in [-0.2, -0.15) is 0 Å². The van der Waals surface area contributed by atoms with Crippen LogP contribution in [0.2, 0.25) is 0 Å². The van der Waals surface area contributed by atoms with E-state index >= 15 is 0 Å². The SMILES string of the molecule is CC(=O)c1cc(C#CCC(=O)O)ccc1F. The summed E-state index contributed by atoms with van der Waals surface area (Å²) in [6, 6.07) is 3.85. The summed E-state index contributed by atoms with van der Waals surface area (Å²) in [6.07, 6.45) is -0.285. The first-order valence-corrected chi connectivity index (χ1v) is 4.52. The van der Waals surface area contributed by atoms with Crippen LogP contribution in [0.1, 0.15) is 29.3 Å². The van der Waals surface area contributed by atoms with Gasteiger partial charge < -0.3 is 5.11 Å². The average Bonchev–Trinajstić information content (AvgIpc) is 2.19. The van der Waals surface area contributed by atoms with Crippen molar-refractivity contribution in [3.63, 3.8) is 0 Å². The van der Waals surface area contributed by atoms with Crippen molar-refractivity contribution < 1.29 is 19.1 Å². The summed E-state index contributed by atoms with van der Waals surface area (Å²) < 4.78 is 13.1. The van der Waals surface area contributed by atoms with E-state index in [0.717, 1.165) is 6.07 Å². The number of Topliss-reactive ketones (excluding diaryl/α,β-unsaturated/α-hetero) is 1. The summed E-state index contributed by atoms with van der Waals surface area (Å²) in [5, 5.41) is 8.36. The van der Waals surface area contributed by atoms with E-state index in [1.165, 1.54) is 19.1 Å². The summed E-state index contributed by atoms with van der Waals surface area (Å²) in [6.45, 7) is 1.26. The predicted molar refractivity (Wildman–Crippen MR) is 55.5 cm³/mol. The van der Waals surface area contributed by atoms with Gasteiger partial charge in [0.05, 0.1) is 5.56 Å². The van der Waals surface area contributed by atoms with Gasteiger partial charge in [-0.1, -0.05) is 11.8 Å². The van der Waals surface area contributed by atoms with E-state index in [1.807, 2.05) is 0 Å². The molecule has 0 saturated heterocycles. The second kappa shape index (κ2) is 5.08. The Labute approximate surface area is 91.9 Å². The van der Waals surface area contributed by atoms with Crippen molar-refractivity contribution >= 4 is 11.8 Å². The molecule has 82 valence electrons. The van der Waals surface area contributed by atoms with Gasteiger partial charge >= 0.3 is 5.97 Å². The van der Waals surface area contributed by atoms with Gasteiger partial charge in [0.15, 0.2) is 5.78 Å². The lowest BCUT2D eigenvalue weighted by Gasteiger charge is -1.98. The Morgan fingerprint density at radius 2 is 2.12 bits per heavy atom. The molecule has 4 heteroatoms. The number of rotatable bonds is 2.